The first-order chi connectivity index (χ1) is 10.2. The van der Waals surface area contributed by atoms with Crippen molar-refractivity contribution >= 4 is 18.0 Å². The van der Waals surface area contributed by atoms with E-state index < -0.39 is 11.8 Å². The summed E-state index contributed by atoms with van der Waals surface area (Å²) in [4.78, 5) is 23.2. The lowest BCUT2D eigenvalue weighted by Crippen LogP contribution is -2.42. The van der Waals surface area contributed by atoms with Crippen LogP contribution in [0.15, 0.2) is 29.4 Å². The molecule has 0 unspecified atom stereocenters. The molecule has 2 rings (SSSR count). The van der Waals surface area contributed by atoms with Gasteiger partial charge in [-0.1, -0.05) is 12.8 Å². The maximum Gasteiger partial charge on any atom is 0.329 e. The van der Waals surface area contributed by atoms with Gasteiger partial charge in [0.05, 0.1) is 13.3 Å². The second-order valence-corrected chi connectivity index (χ2v) is 4.93. The Morgan fingerprint density at radius 2 is 1.86 bits per heavy atom. The van der Waals surface area contributed by atoms with Crippen LogP contribution in [0, 0.1) is 0 Å². The highest BCUT2D eigenvalue weighted by atomic mass is 16.5. The Hall–Kier alpha value is -2.37. The van der Waals surface area contributed by atoms with Crippen LogP contribution in [0.25, 0.3) is 0 Å². The summed E-state index contributed by atoms with van der Waals surface area (Å²) < 4.78 is 5.04. The van der Waals surface area contributed by atoms with Crippen molar-refractivity contribution in [2.75, 3.05) is 7.11 Å². The van der Waals surface area contributed by atoms with Gasteiger partial charge in [0, 0.05) is 6.04 Å². The molecular weight excluding hydrogens is 270 g/mol. The second kappa shape index (κ2) is 7.42. The van der Waals surface area contributed by atoms with E-state index in [1.54, 1.807) is 31.4 Å². The minimum atomic E-state index is -0.744. The number of nitrogens with zero attached hydrogens (tertiary/aromatic N) is 1. The van der Waals surface area contributed by atoms with E-state index in [4.69, 9.17) is 4.74 Å². The van der Waals surface area contributed by atoms with E-state index in [0.717, 1.165) is 37.0 Å². The van der Waals surface area contributed by atoms with Gasteiger partial charge in [0.1, 0.15) is 5.75 Å². The average molecular weight is 289 g/mol. The third-order valence-corrected chi connectivity index (χ3v) is 3.39. The number of rotatable bonds is 4. The molecule has 1 aromatic rings. The van der Waals surface area contributed by atoms with Crippen LogP contribution < -0.4 is 15.5 Å². The molecular formula is C15H19N3O3. The van der Waals surface area contributed by atoms with Crippen LogP contribution in [-0.2, 0) is 9.59 Å². The Morgan fingerprint density at radius 3 is 2.48 bits per heavy atom. The van der Waals surface area contributed by atoms with Gasteiger partial charge < -0.3 is 10.1 Å². The molecule has 6 heteroatoms. The van der Waals surface area contributed by atoms with Crippen LogP contribution in [0.2, 0.25) is 0 Å². The third kappa shape index (κ3) is 4.59. The van der Waals surface area contributed by atoms with Gasteiger partial charge in [0.25, 0.3) is 0 Å². The Kier molecular flexibility index (Phi) is 5.31. The summed E-state index contributed by atoms with van der Waals surface area (Å²) in [7, 11) is 1.59. The fraction of sp³-hybridized carbons (Fsp3) is 0.400. The zero-order valence-electron chi connectivity index (χ0n) is 12.0. The summed E-state index contributed by atoms with van der Waals surface area (Å²) in [6.07, 6.45) is 5.55. The van der Waals surface area contributed by atoms with Crippen molar-refractivity contribution < 1.29 is 14.3 Å². The fourth-order valence-electron chi connectivity index (χ4n) is 2.23. The summed E-state index contributed by atoms with van der Waals surface area (Å²) in [5.41, 5.74) is 3.02. The molecule has 0 aliphatic heterocycles. The molecule has 1 aliphatic rings. The van der Waals surface area contributed by atoms with Gasteiger partial charge in [-0.05, 0) is 42.7 Å². The fourth-order valence-corrected chi connectivity index (χ4v) is 2.23. The number of hydrogen-bond donors (Lipinski definition) is 2. The second-order valence-electron chi connectivity index (χ2n) is 4.93. The molecule has 6 nitrogen and oxygen atoms in total. The normalized spacial score (nSPS) is 15.1. The molecule has 1 fully saturated rings. The van der Waals surface area contributed by atoms with Crippen molar-refractivity contribution in [1.82, 2.24) is 10.7 Å². The van der Waals surface area contributed by atoms with Gasteiger partial charge in [0.2, 0.25) is 0 Å². The number of carbonyl (C=O) groups is 2. The van der Waals surface area contributed by atoms with E-state index in [2.05, 4.69) is 15.8 Å². The molecule has 0 bridgehead atoms. The van der Waals surface area contributed by atoms with Gasteiger partial charge in [0.15, 0.2) is 0 Å². The van der Waals surface area contributed by atoms with E-state index in [1.165, 1.54) is 6.21 Å². The minimum Gasteiger partial charge on any atom is -0.497 e. The molecule has 0 radical (unpaired) electrons. The first kappa shape index (κ1) is 15.0. The molecule has 1 saturated carbocycles. The lowest BCUT2D eigenvalue weighted by atomic mass is 10.2. The molecule has 1 aromatic carbocycles. The van der Waals surface area contributed by atoms with E-state index in [-0.39, 0.29) is 6.04 Å². The molecule has 0 aromatic heterocycles. The van der Waals surface area contributed by atoms with Crippen molar-refractivity contribution in [3.05, 3.63) is 29.8 Å². The van der Waals surface area contributed by atoms with Crippen LogP contribution in [0.1, 0.15) is 31.2 Å². The Bertz CT molecular complexity index is 519. The van der Waals surface area contributed by atoms with Crippen molar-refractivity contribution in [3.8, 4) is 5.75 Å². The molecule has 1 aliphatic carbocycles. The highest BCUT2D eigenvalue weighted by Crippen LogP contribution is 2.17. The number of hydrogen-bond acceptors (Lipinski definition) is 4. The number of hydrazone groups is 1. The quantitative estimate of drug-likeness (QED) is 0.496. The zero-order valence-corrected chi connectivity index (χ0v) is 12.0. The molecule has 112 valence electrons. The van der Waals surface area contributed by atoms with Crippen molar-refractivity contribution in [2.24, 2.45) is 5.10 Å². The number of carbonyl (C=O) groups excluding carboxylic acids is 2. The smallest absolute Gasteiger partial charge is 0.329 e. The van der Waals surface area contributed by atoms with Crippen molar-refractivity contribution in [2.45, 2.75) is 31.7 Å². The maximum absolute atomic E-state index is 11.6. The van der Waals surface area contributed by atoms with Crippen LogP contribution in [0.3, 0.4) is 0 Å². The topological polar surface area (TPSA) is 79.8 Å². The first-order valence-electron chi connectivity index (χ1n) is 6.97. The van der Waals surface area contributed by atoms with E-state index in [0.29, 0.717) is 0 Å². The number of methoxy groups -OCH3 is 1. The third-order valence-electron chi connectivity index (χ3n) is 3.39. The molecule has 21 heavy (non-hydrogen) atoms. The highest BCUT2D eigenvalue weighted by molar-refractivity contribution is 6.35. The number of ether oxygens (including phenoxy) is 1. The Balaban J connectivity index is 1.78. The molecule has 2 amide bonds. The van der Waals surface area contributed by atoms with Crippen LogP contribution in [-0.4, -0.2) is 31.2 Å². The summed E-state index contributed by atoms with van der Waals surface area (Å²) in [6, 6.07) is 7.29. The average Bonchev–Trinajstić information content (AvgIpc) is 3.00. The van der Waals surface area contributed by atoms with Crippen molar-refractivity contribution in [3.63, 3.8) is 0 Å². The number of nitrogens with one attached hydrogen (secondary N) is 2. The first-order valence-corrected chi connectivity index (χ1v) is 6.97. The summed E-state index contributed by atoms with van der Waals surface area (Å²) in [5.74, 6) is -0.632. The number of benzene rings is 1. The van der Waals surface area contributed by atoms with Gasteiger partial charge in [-0.3, -0.25) is 9.59 Å². The van der Waals surface area contributed by atoms with Gasteiger partial charge in [-0.15, -0.1) is 0 Å². The Labute approximate surface area is 123 Å². The van der Waals surface area contributed by atoms with Crippen LogP contribution >= 0.6 is 0 Å². The molecule has 0 saturated heterocycles. The summed E-state index contributed by atoms with van der Waals surface area (Å²) in [6.45, 7) is 0. The van der Waals surface area contributed by atoms with Gasteiger partial charge >= 0.3 is 11.8 Å². The maximum atomic E-state index is 11.6. The van der Waals surface area contributed by atoms with Gasteiger partial charge in [-0.2, -0.15) is 5.10 Å². The molecule has 0 heterocycles. The number of amides is 2. The molecule has 0 atom stereocenters. The predicted octanol–water partition coefficient (Wildman–Crippen LogP) is 1.20. The lowest BCUT2D eigenvalue weighted by Gasteiger charge is -2.10. The minimum absolute atomic E-state index is 0.119. The molecule has 2 N–H and O–H groups in total. The van der Waals surface area contributed by atoms with E-state index in [9.17, 15) is 9.59 Å². The van der Waals surface area contributed by atoms with Crippen LogP contribution in [0.5, 0.6) is 5.75 Å². The van der Waals surface area contributed by atoms with Gasteiger partial charge in [-0.25, -0.2) is 5.43 Å². The van der Waals surface area contributed by atoms with E-state index in [1.807, 2.05) is 0 Å². The standard InChI is InChI=1S/C15H19N3O3/c1-21-13-8-6-11(7-9-13)10-16-18-15(20)14(19)17-12-4-2-3-5-12/h6-10,12H,2-5H2,1H3,(H,17,19)(H,18,20)/b16-10-. The monoisotopic (exact) mass is 289 g/mol. The van der Waals surface area contributed by atoms with Crippen molar-refractivity contribution in [1.29, 1.82) is 0 Å². The zero-order chi connectivity index (χ0) is 15.1. The lowest BCUT2D eigenvalue weighted by molar-refractivity contribution is -0.139. The van der Waals surface area contributed by atoms with E-state index >= 15 is 0 Å². The predicted molar refractivity (Wildman–Crippen MR) is 79.1 cm³/mol. The molecule has 0 spiro atoms. The van der Waals surface area contributed by atoms with Crippen LogP contribution in [0.4, 0.5) is 0 Å². The summed E-state index contributed by atoms with van der Waals surface area (Å²) in [5, 5.41) is 6.47. The summed E-state index contributed by atoms with van der Waals surface area (Å²) >= 11 is 0. The largest absolute Gasteiger partial charge is 0.497 e. The Morgan fingerprint density at radius 1 is 1.19 bits per heavy atom. The highest BCUT2D eigenvalue weighted by Gasteiger charge is 2.20. The SMILES string of the molecule is COc1ccc(/C=N\NC(=O)C(=O)NC2CCCC2)cc1.